The highest BCUT2D eigenvalue weighted by atomic mass is 32.2. The molecule has 2 heterocycles. The number of hydrogen-bond donors (Lipinski definition) is 1. The first kappa shape index (κ1) is 18.1. The largest absolute Gasteiger partial charge is 0.477 e. The molecule has 0 aromatic carbocycles. The minimum atomic E-state index is -3.37. The molecule has 0 bridgehead atoms. The fourth-order valence-electron chi connectivity index (χ4n) is 2.96. The van der Waals surface area contributed by atoms with Crippen LogP contribution in [0.1, 0.15) is 37.7 Å². The number of carbonyl (C=O) groups is 1. The number of ether oxygens (including phenoxy) is 1. The highest BCUT2D eigenvalue weighted by Gasteiger charge is 2.34. The van der Waals surface area contributed by atoms with Gasteiger partial charge < -0.3 is 10.1 Å². The lowest BCUT2D eigenvalue weighted by Gasteiger charge is -2.32. The first-order valence-electron chi connectivity index (χ1n) is 8.76. The third kappa shape index (κ3) is 5.15. The summed E-state index contributed by atoms with van der Waals surface area (Å²) < 4.78 is 30.6. The van der Waals surface area contributed by atoms with E-state index in [1.807, 2.05) is 6.07 Å². The van der Waals surface area contributed by atoms with Crippen molar-refractivity contribution in [2.45, 2.75) is 44.7 Å². The number of nitrogens with one attached hydrogen (secondary N) is 1. The van der Waals surface area contributed by atoms with Crippen molar-refractivity contribution in [2.24, 2.45) is 5.92 Å². The topological polar surface area (TPSA) is 88.6 Å². The van der Waals surface area contributed by atoms with Gasteiger partial charge in [0.2, 0.25) is 21.8 Å². The van der Waals surface area contributed by atoms with E-state index in [1.165, 1.54) is 17.1 Å². The van der Waals surface area contributed by atoms with E-state index < -0.39 is 16.1 Å². The van der Waals surface area contributed by atoms with Crippen LogP contribution in [-0.2, 0) is 21.4 Å². The molecule has 25 heavy (non-hydrogen) atoms. The number of hydrogen-bond acceptors (Lipinski definition) is 5. The monoisotopic (exact) mass is 367 g/mol. The summed E-state index contributed by atoms with van der Waals surface area (Å²) >= 11 is 0. The van der Waals surface area contributed by atoms with Crippen molar-refractivity contribution in [3.8, 4) is 5.88 Å². The second-order valence-corrected chi connectivity index (χ2v) is 8.80. The number of piperidine rings is 1. The summed E-state index contributed by atoms with van der Waals surface area (Å²) in [6, 6.07) is 3.05. The van der Waals surface area contributed by atoms with E-state index in [9.17, 15) is 13.2 Å². The number of amides is 1. The zero-order chi connectivity index (χ0) is 17.9. The fourth-order valence-corrected chi connectivity index (χ4v) is 4.08. The Kier molecular flexibility index (Phi) is 5.58. The molecule has 8 heteroatoms. The number of nitrogens with zero attached hydrogens (tertiary/aromatic N) is 2. The van der Waals surface area contributed by atoms with Crippen LogP contribution in [-0.4, -0.2) is 49.1 Å². The van der Waals surface area contributed by atoms with Gasteiger partial charge in [0.05, 0.1) is 12.9 Å². The Morgan fingerprint density at radius 3 is 2.76 bits per heavy atom. The molecule has 0 spiro atoms. The standard InChI is InChI=1S/C17H25N3O4S/c1-25(22,23)20-9-3-2-4-15(20)17(21)19-11-14-7-8-16(18-10-14)24-12-13-5-6-13/h7-8,10,13,15H,2-6,9,11-12H2,1H3,(H,19,21). The minimum absolute atomic E-state index is 0.251. The maximum Gasteiger partial charge on any atom is 0.238 e. The second-order valence-electron chi connectivity index (χ2n) is 6.86. The summed E-state index contributed by atoms with van der Waals surface area (Å²) in [5.74, 6) is 1.02. The Morgan fingerprint density at radius 1 is 1.32 bits per heavy atom. The number of sulfonamides is 1. The average molecular weight is 367 g/mol. The van der Waals surface area contributed by atoms with Gasteiger partial charge in [0, 0.05) is 25.4 Å². The molecule has 1 unspecified atom stereocenters. The molecule has 1 amide bonds. The lowest BCUT2D eigenvalue weighted by molar-refractivity contribution is -0.125. The summed E-state index contributed by atoms with van der Waals surface area (Å²) in [6.45, 7) is 1.44. The van der Waals surface area contributed by atoms with Gasteiger partial charge in [-0.3, -0.25) is 4.79 Å². The lowest BCUT2D eigenvalue weighted by atomic mass is 10.0. The van der Waals surface area contributed by atoms with Crippen LogP contribution >= 0.6 is 0 Å². The van der Waals surface area contributed by atoms with Gasteiger partial charge in [-0.15, -0.1) is 0 Å². The molecule has 3 rings (SSSR count). The Hall–Kier alpha value is -1.67. The van der Waals surface area contributed by atoms with Gasteiger partial charge >= 0.3 is 0 Å². The first-order valence-corrected chi connectivity index (χ1v) is 10.6. The fraction of sp³-hybridized carbons (Fsp3) is 0.647. The van der Waals surface area contributed by atoms with Crippen molar-refractivity contribution in [1.29, 1.82) is 0 Å². The van der Waals surface area contributed by atoms with E-state index in [-0.39, 0.29) is 5.91 Å². The molecule has 1 aliphatic heterocycles. The van der Waals surface area contributed by atoms with E-state index >= 15 is 0 Å². The van der Waals surface area contributed by atoms with Crippen molar-refractivity contribution in [1.82, 2.24) is 14.6 Å². The third-order valence-electron chi connectivity index (χ3n) is 4.61. The van der Waals surface area contributed by atoms with Gasteiger partial charge in [-0.05, 0) is 37.2 Å². The molecule has 1 saturated carbocycles. The van der Waals surface area contributed by atoms with Gasteiger partial charge in [-0.25, -0.2) is 13.4 Å². The summed E-state index contributed by atoms with van der Waals surface area (Å²) in [5.41, 5.74) is 0.855. The molecule has 1 saturated heterocycles. The molecular weight excluding hydrogens is 342 g/mol. The molecule has 0 radical (unpaired) electrons. The van der Waals surface area contributed by atoms with Gasteiger partial charge in [-0.2, -0.15) is 4.31 Å². The summed E-state index contributed by atoms with van der Waals surface area (Å²) in [4.78, 5) is 16.7. The predicted molar refractivity (Wildman–Crippen MR) is 93.5 cm³/mol. The molecule has 1 aromatic rings. The number of aromatic nitrogens is 1. The zero-order valence-corrected chi connectivity index (χ0v) is 15.3. The van der Waals surface area contributed by atoms with Crippen LogP contribution < -0.4 is 10.1 Å². The average Bonchev–Trinajstić information content (AvgIpc) is 3.42. The Bertz CT molecular complexity index is 701. The van der Waals surface area contributed by atoms with Crippen molar-refractivity contribution in [3.63, 3.8) is 0 Å². The summed E-state index contributed by atoms with van der Waals surface area (Å²) in [5, 5.41) is 2.82. The maximum absolute atomic E-state index is 12.4. The molecule has 7 nitrogen and oxygen atoms in total. The quantitative estimate of drug-likeness (QED) is 0.785. The van der Waals surface area contributed by atoms with Gasteiger partial charge in [0.25, 0.3) is 0 Å². The third-order valence-corrected chi connectivity index (χ3v) is 5.90. The Balaban J connectivity index is 1.52. The number of carbonyl (C=O) groups excluding carboxylic acids is 1. The van der Waals surface area contributed by atoms with Crippen molar-refractivity contribution < 1.29 is 17.9 Å². The summed E-state index contributed by atoms with van der Waals surface area (Å²) in [6.07, 6.45) is 7.51. The normalized spacial score (nSPS) is 21.7. The number of rotatable bonds is 7. The molecule has 1 aromatic heterocycles. The van der Waals surface area contributed by atoms with Crippen LogP contribution in [0, 0.1) is 5.92 Å². The highest BCUT2D eigenvalue weighted by Crippen LogP contribution is 2.29. The smallest absolute Gasteiger partial charge is 0.238 e. The van der Waals surface area contributed by atoms with Crippen LogP contribution in [0.4, 0.5) is 0 Å². The molecule has 1 atom stereocenters. The molecule has 138 valence electrons. The SMILES string of the molecule is CS(=O)(=O)N1CCCCC1C(=O)NCc1ccc(OCC2CC2)nc1. The van der Waals surface area contributed by atoms with Crippen molar-refractivity contribution >= 4 is 15.9 Å². The van der Waals surface area contributed by atoms with Crippen molar-refractivity contribution in [2.75, 3.05) is 19.4 Å². The van der Waals surface area contributed by atoms with Crippen LogP contribution in [0.3, 0.4) is 0 Å². The van der Waals surface area contributed by atoms with Gasteiger partial charge in [0.1, 0.15) is 6.04 Å². The zero-order valence-electron chi connectivity index (χ0n) is 14.5. The molecular formula is C17H25N3O4S. The first-order chi connectivity index (χ1) is 11.9. The Labute approximate surface area is 148 Å². The number of pyridine rings is 1. The van der Waals surface area contributed by atoms with Crippen LogP contribution in [0.5, 0.6) is 5.88 Å². The predicted octanol–water partition coefficient (Wildman–Crippen LogP) is 1.30. The molecule has 1 aliphatic carbocycles. The second kappa shape index (κ2) is 7.70. The highest BCUT2D eigenvalue weighted by molar-refractivity contribution is 7.88. The molecule has 2 fully saturated rings. The summed E-state index contributed by atoms with van der Waals surface area (Å²) in [7, 11) is -3.37. The lowest BCUT2D eigenvalue weighted by Crippen LogP contribution is -2.51. The van der Waals surface area contributed by atoms with E-state index in [1.54, 1.807) is 12.3 Å². The molecule has 2 aliphatic rings. The van der Waals surface area contributed by atoms with E-state index in [4.69, 9.17) is 4.74 Å². The van der Waals surface area contributed by atoms with E-state index in [2.05, 4.69) is 10.3 Å². The van der Waals surface area contributed by atoms with Crippen LogP contribution in [0.25, 0.3) is 0 Å². The maximum atomic E-state index is 12.4. The van der Waals surface area contributed by atoms with Gasteiger partial charge in [-0.1, -0.05) is 12.5 Å². The molecule has 1 N–H and O–H groups in total. The van der Waals surface area contributed by atoms with Crippen LogP contribution in [0.15, 0.2) is 18.3 Å². The van der Waals surface area contributed by atoms with E-state index in [0.717, 1.165) is 24.7 Å². The van der Waals surface area contributed by atoms with Gasteiger partial charge in [0.15, 0.2) is 0 Å². The van der Waals surface area contributed by atoms with Crippen molar-refractivity contribution in [3.05, 3.63) is 23.9 Å². The Morgan fingerprint density at radius 2 is 2.12 bits per heavy atom. The minimum Gasteiger partial charge on any atom is -0.477 e. The van der Waals surface area contributed by atoms with E-state index in [0.29, 0.717) is 37.9 Å². The van der Waals surface area contributed by atoms with Crippen LogP contribution in [0.2, 0.25) is 0 Å².